The molecule has 0 aromatic carbocycles. The number of alkyl halides is 3. The molecule has 70 valence electrons. The molecule has 0 heterocycles. The number of carbonyl (C=O) groups excluding carboxylic acids is 1. The van der Waals surface area contributed by atoms with Gasteiger partial charge in [0.25, 0.3) is 0 Å². The van der Waals surface area contributed by atoms with Crippen LogP contribution in [0.5, 0.6) is 0 Å². The monoisotopic (exact) mass is 183 g/mol. The summed E-state index contributed by atoms with van der Waals surface area (Å²) in [5.74, 6) is 0. The van der Waals surface area contributed by atoms with Crippen molar-refractivity contribution in [2.75, 3.05) is 0 Å². The Balaban J connectivity index is 2.15. The van der Waals surface area contributed by atoms with Crippen LogP contribution in [-0.2, 0) is 4.74 Å². The van der Waals surface area contributed by atoms with Gasteiger partial charge in [-0.1, -0.05) is 0 Å². The number of amides is 1. The van der Waals surface area contributed by atoms with E-state index in [1.54, 1.807) is 0 Å². The fourth-order valence-corrected chi connectivity index (χ4v) is 0.582. The van der Waals surface area contributed by atoms with Crippen LogP contribution < -0.4 is 5.32 Å². The van der Waals surface area contributed by atoms with Crippen molar-refractivity contribution in [1.82, 2.24) is 5.32 Å². The molecule has 12 heavy (non-hydrogen) atoms. The predicted octanol–water partition coefficient (Wildman–Crippen LogP) is 1.44. The number of ether oxygens (including phenoxy) is 1. The van der Waals surface area contributed by atoms with E-state index in [0.29, 0.717) is 0 Å². The lowest BCUT2D eigenvalue weighted by atomic mass is 10.7. The Hall–Kier alpha value is -0.940. The van der Waals surface area contributed by atoms with Crippen LogP contribution in [-0.4, -0.2) is 24.9 Å². The van der Waals surface area contributed by atoms with Crippen LogP contribution in [0.4, 0.5) is 18.0 Å². The molecule has 1 saturated carbocycles. The van der Waals surface area contributed by atoms with Crippen LogP contribution in [0.1, 0.15) is 12.8 Å². The molecule has 1 atom stereocenters. The second-order valence-electron chi connectivity index (χ2n) is 2.51. The van der Waals surface area contributed by atoms with Crippen LogP contribution >= 0.6 is 0 Å². The Kier molecular flexibility index (Phi) is 2.78. The lowest BCUT2D eigenvalue weighted by molar-refractivity contribution is -0.0903. The minimum atomic E-state index is -3.28. The van der Waals surface area contributed by atoms with Gasteiger partial charge in [0.15, 0.2) is 0 Å². The number of hydrogen-bond acceptors (Lipinski definition) is 2. The number of rotatable bonds is 3. The Labute approximate surface area is 66.9 Å². The average Bonchev–Trinajstić information content (AvgIpc) is 2.71. The number of hydrogen-bond donors (Lipinski definition) is 1. The summed E-state index contributed by atoms with van der Waals surface area (Å²) in [5, 5.41) is 2.21. The van der Waals surface area contributed by atoms with Crippen LogP contribution in [0.25, 0.3) is 0 Å². The largest absolute Gasteiger partial charge is 0.410 e. The van der Waals surface area contributed by atoms with Gasteiger partial charge < -0.3 is 10.1 Å². The first kappa shape index (κ1) is 9.15. The van der Waals surface area contributed by atoms with Crippen molar-refractivity contribution >= 4 is 6.09 Å². The van der Waals surface area contributed by atoms with E-state index in [2.05, 4.69) is 10.1 Å². The molecule has 3 nitrogen and oxygen atoms in total. The molecule has 0 bridgehead atoms. The molecule has 0 spiro atoms. The molecule has 1 rings (SSSR count). The molecule has 0 radical (unpaired) electrons. The van der Waals surface area contributed by atoms with E-state index in [0.717, 1.165) is 12.8 Å². The quantitative estimate of drug-likeness (QED) is 0.718. The minimum Gasteiger partial charge on any atom is -0.409 e. The van der Waals surface area contributed by atoms with Crippen molar-refractivity contribution < 1.29 is 22.7 Å². The van der Waals surface area contributed by atoms with E-state index in [4.69, 9.17) is 0 Å². The van der Waals surface area contributed by atoms with E-state index in [1.807, 2.05) is 0 Å². The van der Waals surface area contributed by atoms with Crippen molar-refractivity contribution in [1.29, 1.82) is 0 Å². The van der Waals surface area contributed by atoms with Crippen LogP contribution in [0.3, 0.4) is 0 Å². The van der Waals surface area contributed by atoms with Crippen LogP contribution in [0.2, 0.25) is 0 Å². The van der Waals surface area contributed by atoms with E-state index in [1.165, 1.54) is 0 Å². The van der Waals surface area contributed by atoms with Gasteiger partial charge in [-0.2, -0.15) is 4.39 Å². The van der Waals surface area contributed by atoms with Gasteiger partial charge in [-0.25, -0.2) is 13.6 Å². The highest BCUT2D eigenvalue weighted by molar-refractivity contribution is 5.68. The third-order valence-electron chi connectivity index (χ3n) is 1.32. The Morgan fingerprint density at radius 2 is 2.00 bits per heavy atom. The third-order valence-corrected chi connectivity index (χ3v) is 1.32. The van der Waals surface area contributed by atoms with Gasteiger partial charge in [0.1, 0.15) is 0 Å². The first-order valence-electron chi connectivity index (χ1n) is 3.49. The second-order valence-corrected chi connectivity index (χ2v) is 2.51. The van der Waals surface area contributed by atoms with Gasteiger partial charge in [-0.05, 0) is 12.8 Å². The van der Waals surface area contributed by atoms with Crippen molar-refractivity contribution in [3.63, 3.8) is 0 Å². The first-order chi connectivity index (χ1) is 5.59. The zero-order chi connectivity index (χ0) is 9.14. The lowest BCUT2D eigenvalue weighted by Gasteiger charge is -2.08. The normalized spacial score (nSPS) is 19.0. The summed E-state index contributed by atoms with van der Waals surface area (Å²) >= 11 is 0. The number of nitrogens with one attached hydrogen (secondary N) is 1. The number of alkyl carbamates (subject to hydrolysis) is 1. The summed E-state index contributed by atoms with van der Waals surface area (Å²) in [6, 6.07) is -0.0256. The van der Waals surface area contributed by atoms with E-state index < -0.39 is 18.9 Å². The van der Waals surface area contributed by atoms with Gasteiger partial charge in [0, 0.05) is 6.04 Å². The molecule has 1 N–H and O–H groups in total. The summed E-state index contributed by atoms with van der Waals surface area (Å²) in [6.07, 6.45) is -5.65. The maximum absolute atomic E-state index is 12.0. The molecular formula is C6H8F3NO2. The fourth-order valence-electron chi connectivity index (χ4n) is 0.582. The molecule has 0 aliphatic heterocycles. The lowest BCUT2D eigenvalue weighted by Crippen LogP contribution is -2.31. The highest BCUT2D eigenvalue weighted by Gasteiger charge is 2.28. The van der Waals surface area contributed by atoms with Gasteiger partial charge in [-0.15, -0.1) is 0 Å². The predicted molar refractivity (Wildman–Crippen MR) is 33.5 cm³/mol. The molecule has 0 saturated heterocycles. The standard InChI is InChI=1S/C6H8F3NO2/c7-4(8)5(9)12-6(11)10-3-1-2-3/h3-5H,1-2H2,(H,10,11). The van der Waals surface area contributed by atoms with Crippen molar-refractivity contribution in [2.24, 2.45) is 0 Å². The summed E-state index contributed by atoms with van der Waals surface area (Å²) in [5.41, 5.74) is 0. The zero-order valence-electron chi connectivity index (χ0n) is 6.10. The summed E-state index contributed by atoms with van der Waals surface area (Å²) in [6.45, 7) is 0. The van der Waals surface area contributed by atoms with Gasteiger partial charge in [0.05, 0.1) is 0 Å². The number of halogens is 3. The highest BCUT2D eigenvalue weighted by Crippen LogP contribution is 2.19. The number of carbonyl (C=O) groups is 1. The van der Waals surface area contributed by atoms with Gasteiger partial charge in [-0.3, -0.25) is 0 Å². The van der Waals surface area contributed by atoms with Crippen LogP contribution in [0.15, 0.2) is 0 Å². The van der Waals surface area contributed by atoms with Crippen LogP contribution in [0, 0.1) is 0 Å². The third kappa shape index (κ3) is 2.98. The van der Waals surface area contributed by atoms with E-state index in [-0.39, 0.29) is 6.04 Å². The molecule has 6 heteroatoms. The maximum Gasteiger partial charge on any atom is 0.410 e. The second kappa shape index (κ2) is 3.64. The average molecular weight is 183 g/mol. The smallest absolute Gasteiger partial charge is 0.409 e. The van der Waals surface area contributed by atoms with E-state index >= 15 is 0 Å². The summed E-state index contributed by atoms with van der Waals surface area (Å²) in [4.78, 5) is 10.5. The Bertz CT molecular complexity index is 172. The van der Waals surface area contributed by atoms with Crippen molar-refractivity contribution in [3.05, 3.63) is 0 Å². The van der Waals surface area contributed by atoms with Crippen molar-refractivity contribution in [3.8, 4) is 0 Å². The van der Waals surface area contributed by atoms with Gasteiger partial charge in [0.2, 0.25) is 0 Å². The van der Waals surface area contributed by atoms with Gasteiger partial charge >= 0.3 is 18.9 Å². The van der Waals surface area contributed by atoms with Crippen molar-refractivity contribution in [2.45, 2.75) is 31.7 Å². The Morgan fingerprint density at radius 3 is 2.42 bits per heavy atom. The first-order valence-corrected chi connectivity index (χ1v) is 3.49. The molecule has 1 unspecified atom stereocenters. The molecule has 0 aromatic rings. The zero-order valence-corrected chi connectivity index (χ0v) is 6.10. The SMILES string of the molecule is O=C(NC1CC1)OC(F)C(F)F. The Morgan fingerprint density at radius 1 is 1.42 bits per heavy atom. The fraction of sp³-hybridized carbons (Fsp3) is 0.833. The highest BCUT2D eigenvalue weighted by atomic mass is 19.3. The molecule has 0 aromatic heterocycles. The summed E-state index contributed by atoms with van der Waals surface area (Å²) < 4.78 is 38.6. The molecule has 1 fully saturated rings. The topological polar surface area (TPSA) is 38.3 Å². The molecular weight excluding hydrogens is 175 g/mol. The minimum absolute atomic E-state index is 0.0256. The summed E-state index contributed by atoms with van der Waals surface area (Å²) in [7, 11) is 0. The maximum atomic E-state index is 12.0. The molecule has 1 aliphatic rings. The molecule has 1 amide bonds. The molecule has 1 aliphatic carbocycles. The van der Waals surface area contributed by atoms with E-state index in [9.17, 15) is 18.0 Å².